The zero-order valence-electron chi connectivity index (χ0n) is 17.4. The summed E-state index contributed by atoms with van der Waals surface area (Å²) in [5.41, 5.74) is 2.30. The number of hydrogen-bond acceptors (Lipinski definition) is 3. The fourth-order valence-corrected chi connectivity index (χ4v) is 4.51. The number of unbranched alkanes of at least 4 members (excludes halogenated alkanes) is 1. The van der Waals surface area contributed by atoms with Gasteiger partial charge in [-0.1, -0.05) is 30.9 Å². The van der Waals surface area contributed by atoms with Gasteiger partial charge < -0.3 is 14.9 Å². The first kappa shape index (κ1) is 21.1. The summed E-state index contributed by atoms with van der Waals surface area (Å²) < 4.78 is 13.2. The second kappa shape index (κ2) is 8.91. The second-order valence-electron chi connectivity index (χ2n) is 8.01. The number of hydrogen-bond donors (Lipinski definition) is 1. The van der Waals surface area contributed by atoms with Crippen LogP contribution in [0, 0.1) is 17.7 Å². The lowest BCUT2D eigenvalue weighted by molar-refractivity contribution is -0.159. The number of aliphatic hydroxyl groups excluding tert-OH is 1. The van der Waals surface area contributed by atoms with Gasteiger partial charge in [0, 0.05) is 30.0 Å². The second-order valence-corrected chi connectivity index (χ2v) is 8.01. The summed E-state index contributed by atoms with van der Waals surface area (Å²) in [6.07, 6.45) is 1.87. The van der Waals surface area contributed by atoms with E-state index in [-0.39, 0.29) is 43.0 Å². The molecule has 2 amide bonds. The van der Waals surface area contributed by atoms with Crippen LogP contribution in [0.2, 0.25) is 0 Å². The number of carbonyl (C=O) groups is 2. The van der Waals surface area contributed by atoms with Crippen LogP contribution in [-0.2, 0) is 4.79 Å². The number of fused-ring (bicyclic) bond motifs is 1. The standard InChI is InChI=1S/C25H25FN2O3/c1-2-3-4-5-17-6-8-18(9-7-17)24-21-14-27(15-23(30)28(21)22(24)16-29)25(31)19-10-12-20(26)13-11-19/h6-13,21-22,24,29H,2-3,14-16H2,1H3/t21-,22+,24-/m0/s1. The molecule has 0 aliphatic carbocycles. The lowest BCUT2D eigenvalue weighted by atomic mass is 9.73. The summed E-state index contributed by atoms with van der Waals surface area (Å²) in [6.45, 7) is 2.30. The molecule has 2 aliphatic heterocycles. The smallest absolute Gasteiger partial charge is 0.254 e. The molecule has 1 N–H and O–H groups in total. The Morgan fingerprint density at radius 3 is 2.52 bits per heavy atom. The van der Waals surface area contributed by atoms with Crippen LogP contribution in [0.5, 0.6) is 0 Å². The van der Waals surface area contributed by atoms with Crippen molar-refractivity contribution in [1.29, 1.82) is 0 Å². The Balaban J connectivity index is 1.53. The molecule has 2 aromatic carbocycles. The van der Waals surface area contributed by atoms with Crippen LogP contribution >= 0.6 is 0 Å². The maximum absolute atomic E-state index is 13.2. The molecule has 160 valence electrons. The molecule has 2 fully saturated rings. The monoisotopic (exact) mass is 420 g/mol. The van der Waals surface area contributed by atoms with E-state index >= 15 is 0 Å². The Kier molecular flexibility index (Phi) is 6.06. The van der Waals surface area contributed by atoms with Crippen molar-refractivity contribution in [3.63, 3.8) is 0 Å². The van der Waals surface area contributed by atoms with Crippen molar-refractivity contribution in [2.24, 2.45) is 0 Å². The van der Waals surface area contributed by atoms with Crippen molar-refractivity contribution in [2.75, 3.05) is 19.7 Å². The molecule has 0 bridgehead atoms. The number of carbonyl (C=O) groups excluding carboxylic acids is 2. The fraction of sp³-hybridized carbons (Fsp3) is 0.360. The molecule has 3 atom stereocenters. The molecule has 31 heavy (non-hydrogen) atoms. The van der Waals surface area contributed by atoms with Gasteiger partial charge in [0.25, 0.3) is 5.91 Å². The molecule has 5 nitrogen and oxygen atoms in total. The summed E-state index contributed by atoms with van der Waals surface area (Å²) in [7, 11) is 0. The number of nitrogens with zero attached hydrogens (tertiary/aromatic N) is 2. The van der Waals surface area contributed by atoms with Gasteiger partial charge in [-0.3, -0.25) is 9.59 Å². The molecule has 0 unspecified atom stereocenters. The molecule has 0 radical (unpaired) electrons. The van der Waals surface area contributed by atoms with Crippen LogP contribution in [0.3, 0.4) is 0 Å². The normalized spacial score (nSPS) is 22.3. The quantitative estimate of drug-likeness (QED) is 0.774. The number of aliphatic hydroxyl groups is 1. The van der Waals surface area contributed by atoms with Gasteiger partial charge in [0.1, 0.15) is 12.4 Å². The van der Waals surface area contributed by atoms with Gasteiger partial charge >= 0.3 is 0 Å². The van der Waals surface area contributed by atoms with E-state index in [0.717, 1.165) is 24.0 Å². The molecule has 2 aliphatic rings. The first-order valence-electron chi connectivity index (χ1n) is 10.6. The first-order chi connectivity index (χ1) is 15.0. The number of amides is 2. The fourth-order valence-electron chi connectivity index (χ4n) is 4.51. The molecular weight excluding hydrogens is 395 g/mol. The summed E-state index contributed by atoms with van der Waals surface area (Å²) in [5, 5.41) is 9.92. The Bertz CT molecular complexity index is 1020. The highest BCUT2D eigenvalue weighted by Gasteiger charge is 2.54. The van der Waals surface area contributed by atoms with Crippen molar-refractivity contribution in [3.05, 3.63) is 71.0 Å². The average Bonchev–Trinajstić information content (AvgIpc) is 2.76. The Labute approximate surface area is 181 Å². The van der Waals surface area contributed by atoms with Gasteiger partial charge in [0.2, 0.25) is 5.91 Å². The number of halogens is 1. The minimum Gasteiger partial charge on any atom is -0.394 e. The van der Waals surface area contributed by atoms with Crippen molar-refractivity contribution in [1.82, 2.24) is 9.80 Å². The molecule has 2 heterocycles. The highest BCUT2D eigenvalue weighted by Crippen LogP contribution is 2.43. The average molecular weight is 420 g/mol. The predicted octanol–water partition coefficient (Wildman–Crippen LogP) is 2.79. The van der Waals surface area contributed by atoms with Crippen molar-refractivity contribution >= 4 is 11.8 Å². The van der Waals surface area contributed by atoms with E-state index in [1.54, 1.807) is 4.90 Å². The molecule has 0 saturated carbocycles. The third-order valence-corrected chi connectivity index (χ3v) is 6.03. The van der Waals surface area contributed by atoms with E-state index in [2.05, 4.69) is 18.8 Å². The van der Waals surface area contributed by atoms with Crippen LogP contribution in [0.25, 0.3) is 0 Å². The lowest BCUT2D eigenvalue weighted by Gasteiger charge is -2.58. The molecule has 2 aromatic rings. The Morgan fingerprint density at radius 1 is 1.16 bits per heavy atom. The van der Waals surface area contributed by atoms with E-state index in [1.165, 1.54) is 29.2 Å². The zero-order valence-corrected chi connectivity index (χ0v) is 17.4. The first-order valence-corrected chi connectivity index (χ1v) is 10.6. The molecule has 0 spiro atoms. The number of rotatable bonds is 4. The number of piperazine rings is 1. The minimum absolute atomic E-state index is 0.0398. The summed E-state index contributed by atoms with van der Waals surface area (Å²) in [4.78, 5) is 28.8. The van der Waals surface area contributed by atoms with Crippen LogP contribution in [-0.4, -0.2) is 58.5 Å². The van der Waals surface area contributed by atoms with Gasteiger partial charge in [0.15, 0.2) is 0 Å². The molecule has 0 aromatic heterocycles. The van der Waals surface area contributed by atoms with Crippen LogP contribution in [0.1, 0.15) is 47.2 Å². The molecular formula is C25H25FN2O3. The van der Waals surface area contributed by atoms with E-state index in [4.69, 9.17) is 0 Å². The minimum atomic E-state index is -0.412. The van der Waals surface area contributed by atoms with E-state index < -0.39 is 5.82 Å². The van der Waals surface area contributed by atoms with Gasteiger partial charge in [-0.05, 0) is 48.4 Å². The van der Waals surface area contributed by atoms with Crippen molar-refractivity contribution in [2.45, 2.75) is 37.8 Å². The molecule has 6 heteroatoms. The third kappa shape index (κ3) is 4.06. The lowest BCUT2D eigenvalue weighted by Crippen LogP contribution is -2.73. The van der Waals surface area contributed by atoms with Crippen LogP contribution in [0.4, 0.5) is 4.39 Å². The van der Waals surface area contributed by atoms with E-state index in [0.29, 0.717) is 12.1 Å². The molecule has 2 saturated heterocycles. The largest absolute Gasteiger partial charge is 0.394 e. The summed E-state index contributed by atoms with van der Waals surface area (Å²) >= 11 is 0. The Morgan fingerprint density at radius 2 is 1.87 bits per heavy atom. The SMILES string of the molecule is CCCC#Cc1ccc([C@@H]2[C@@H](CO)N3C(=O)CN(C(=O)c4ccc(F)cc4)C[C@@H]23)cc1. The van der Waals surface area contributed by atoms with Gasteiger partial charge in [-0.15, -0.1) is 0 Å². The predicted molar refractivity (Wildman–Crippen MR) is 115 cm³/mol. The van der Waals surface area contributed by atoms with Crippen molar-refractivity contribution in [3.8, 4) is 11.8 Å². The molecule has 4 rings (SSSR count). The third-order valence-electron chi connectivity index (χ3n) is 6.03. The van der Waals surface area contributed by atoms with Crippen molar-refractivity contribution < 1.29 is 19.1 Å². The van der Waals surface area contributed by atoms with E-state index in [1.807, 2.05) is 24.3 Å². The topological polar surface area (TPSA) is 60.9 Å². The van der Waals surface area contributed by atoms with E-state index in [9.17, 15) is 19.1 Å². The maximum Gasteiger partial charge on any atom is 0.254 e. The Hall–Kier alpha value is -3.17. The zero-order chi connectivity index (χ0) is 22.0. The maximum atomic E-state index is 13.2. The summed E-state index contributed by atoms with van der Waals surface area (Å²) in [6, 6.07) is 12.8. The summed E-state index contributed by atoms with van der Waals surface area (Å²) in [5.74, 6) is 5.32. The highest BCUT2D eigenvalue weighted by atomic mass is 19.1. The highest BCUT2D eigenvalue weighted by molar-refractivity contribution is 5.97. The number of benzene rings is 2. The van der Waals surface area contributed by atoms with Crippen LogP contribution in [0.15, 0.2) is 48.5 Å². The van der Waals surface area contributed by atoms with Gasteiger partial charge in [-0.2, -0.15) is 0 Å². The van der Waals surface area contributed by atoms with Crippen LogP contribution < -0.4 is 0 Å². The van der Waals surface area contributed by atoms with Gasteiger partial charge in [0.05, 0.1) is 18.7 Å². The van der Waals surface area contributed by atoms with Gasteiger partial charge in [-0.25, -0.2) is 4.39 Å².